The Morgan fingerprint density at radius 3 is 2.17 bits per heavy atom. The van der Waals surface area contributed by atoms with Gasteiger partial charge in [-0.2, -0.15) is 0 Å². The maximum absolute atomic E-state index is 12.5. The van der Waals surface area contributed by atoms with Gasteiger partial charge in [0.25, 0.3) is 10.0 Å². The molecular formula is C22H17ClN2O2S2. The Morgan fingerprint density at radius 1 is 0.862 bits per heavy atom. The number of anilines is 1. The number of aromatic nitrogens is 1. The Bertz CT molecular complexity index is 1230. The summed E-state index contributed by atoms with van der Waals surface area (Å²) in [5.41, 5.74) is 3.41. The first-order valence-electron chi connectivity index (χ1n) is 8.84. The molecule has 0 bridgehead atoms. The van der Waals surface area contributed by atoms with Crippen LogP contribution in [0.4, 0.5) is 5.69 Å². The molecule has 0 aliphatic heterocycles. The van der Waals surface area contributed by atoms with Crippen LogP contribution in [0.25, 0.3) is 21.8 Å². The van der Waals surface area contributed by atoms with E-state index in [0.717, 1.165) is 26.7 Å². The highest BCUT2D eigenvalue weighted by molar-refractivity contribution is 7.92. The molecular weight excluding hydrogens is 424 g/mol. The molecule has 3 aromatic carbocycles. The third-order valence-electron chi connectivity index (χ3n) is 4.35. The van der Waals surface area contributed by atoms with Gasteiger partial charge in [-0.05, 0) is 43.3 Å². The van der Waals surface area contributed by atoms with E-state index in [1.54, 1.807) is 35.6 Å². The molecule has 0 fully saturated rings. The zero-order chi connectivity index (χ0) is 20.4. The van der Waals surface area contributed by atoms with Crippen molar-refractivity contribution in [2.24, 2.45) is 0 Å². The van der Waals surface area contributed by atoms with Crippen molar-refractivity contribution in [3.63, 3.8) is 0 Å². The Kier molecular flexibility index (Phi) is 5.41. The molecule has 0 unspecified atom stereocenters. The lowest BCUT2D eigenvalue weighted by Crippen LogP contribution is -2.12. The lowest BCUT2D eigenvalue weighted by molar-refractivity contribution is 0.601. The van der Waals surface area contributed by atoms with Gasteiger partial charge >= 0.3 is 0 Å². The van der Waals surface area contributed by atoms with E-state index in [4.69, 9.17) is 16.6 Å². The van der Waals surface area contributed by atoms with Gasteiger partial charge in [0.1, 0.15) is 5.01 Å². The average molecular weight is 441 g/mol. The predicted molar refractivity (Wildman–Crippen MR) is 120 cm³/mol. The standard InChI is InChI=1S/C22H17ClN2O2S2/c1-15-21(24-22(28-15)17-5-3-2-4-6-17)16-7-11-19(12-8-16)25-29(26,27)20-13-9-18(23)10-14-20/h2-14,25H,1H3. The fraction of sp³-hybridized carbons (Fsp3) is 0.0455. The molecule has 0 aliphatic rings. The van der Waals surface area contributed by atoms with E-state index in [9.17, 15) is 8.42 Å². The van der Waals surface area contributed by atoms with Gasteiger partial charge in [0, 0.05) is 26.7 Å². The molecule has 1 aromatic heterocycles. The molecule has 1 N–H and O–H groups in total. The van der Waals surface area contributed by atoms with Crippen molar-refractivity contribution >= 4 is 38.6 Å². The van der Waals surface area contributed by atoms with Crippen molar-refractivity contribution in [3.05, 3.63) is 88.8 Å². The van der Waals surface area contributed by atoms with Gasteiger partial charge in [-0.1, -0.05) is 54.1 Å². The first kappa shape index (κ1) is 19.6. The molecule has 1 heterocycles. The Balaban J connectivity index is 1.57. The number of hydrogen-bond acceptors (Lipinski definition) is 4. The minimum absolute atomic E-state index is 0.161. The van der Waals surface area contributed by atoms with E-state index >= 15 is 0 Å². The SMILES string of the molecule is Cc1sc(-c2ccccc2)nc1-c1ccc(NS(=O)(=O)c2ccc(Cl)cc2)cc1. The highest BCUT2D eigenvalue weighted by Gasteiger charge is 2.15. The summed E-state index contributed by atoms with van der Waals surface area (Å²) in [7, 11) is -3.67. The van der Waals surface area contributed by atoms with Crippen molar-refractivity contribution in [2.75, 3.05) is 4.72 Å². The monoisotopic (exact) mass is 440 g/mol. The third-order valence-corrected chi connectivity index (χ3v) is 7.02. The summed E-state index contributed by atoms with van der Waals surface area (Å²) < 4.78 is 27.6. The van der Waals surface area contributed by atoms with Crippen LogP contribution in [0.3, 0.4) is 0 Å². The molecule has 0 saturated heterocycles. The Morgan fingerprint density at radius 2 is 1.52 bits per heavy atom. The first-order chi connectivity index (χ1) is 13.9. The molecule has 0 amide bonds. The second-order valence-corrected chi connectivity index (χ2v) is 9.75. The summed E-state index contributed by atoms with van der Waals surface area (Å²) >= 11 is 7.47. The maximum Gasteiger partial charge on any atom is 0.261 e. The lowest BCUT2D eigenvalue weighted by Gasteiger charge is -2.09. The van der Waals surface area contributed by atoms with Gasteiger partial charge in [-0.15, -0.1) is 11.3 Å². The smallest absolute Gasteiger partial charge is 0.261 e. The summed E-state index contributed by atoms with van der Waals surface area (Å²) in [5, 5.41) is 1.45. The maximum atomic E-state index is 12.5. The number of nitrogens with zero attached hydrogens (tertiary/aromatic N) is 1. The summed E-state index contributed by atoms with van der Waals surface area (Å²) in [5.74, 6) is 0. The molecule has 0 atom stereocenters. The summed E-state index contributed by atoms with van der Waals surface area (Å²) in [4.78, 5) is 6.05. The van der Waals surface area contributed by atoms with Crippen LogP contribution in [0.5, 0.6) is 0 Å². The fourth-order valence-electron chi connectivity index (χ4n) is 2.89. The van der Waals surface area contributed by atoms with E-state index in [-0.39, 0.29) is 4.90 Å². The van der Waals surface area contributed by atoms with Crippen molar-refractivity contribution in [2.45, 2.75) is 11.8 Å². The molecule has 146 valence electrons. The van der Waals surface area contributed by atoms with Crippen LogP contribution in [0.15, 0.2) is 83.8 Å². The number of hydrogen-bond donors (Lipinski definition) is 1. The van der Waals surface area contributed by atoms with E-state index < -0.39 is 10.0 Å². The van der Waals surface area contributed by atoms with Crippen LogP contribution in [-0.4, -0.2) is 13.4 Å². The molecule has 4 nitrogen and oxygen atoms in total. The number of benzene rings is 3. The average Bonchev–Trinajstić information content (AvgIpc) is 3.11. The van der Waals surface area contributed by atoms with Crippen molar-refractivity contribution in [1.29, 1.82) is 0 Å². The van der Waals surface area contributed by atoms with Gasteiger partial charge in [0.05, 0.1) is 10.6 Å². The Hall–Kier alpha value is -2.67. The normalized spacial score (nSPS) is 11.4. The van der Waals surface area contributed by atoms with Gasteiger partial charge < -0.3 is 0 Å². The molecule has 0 saturated carbocycles. The van der Waals surface area contributed by atoms with Crippen LogP contribution in [-0.2, 0) is 10.0 Å². The van der Waals surface area contributed by atoms with E-state index in [2.05, 4.69) is 4.72 Å². The zero-order valence-corrected chi connectivity index (χ0v) is 17.9. The molecule has 4 aromatic rings. The van der Waals surface area contributed by atoms with Gasteiger partial charge in [-0.25, -0.2) is 13.4 Å². The number of rotatable bonds is 5. The molecule has 0 spiro atoms. The number of thiazole rings is 1. The van der Waals surface area contributed by atoms with Crippen LogP contribution in [0.2, 0.25) is 5.02 Å². The minimum atomic E-state index is -3.67. The number of halogens is 1. The molecule has 4 rings (SSSR count). The Labute approximate surface area is 178 Å². The van der Waals surface area contributed by atoms with Crippen molar-refractivity contribution in [1.82, 2.24) is 4.98 Å². The molecule has 0 aliphatic carbocycles. The van der Waals surface area contributed by atoms with Crippen LogP contribution >= 0.6 is 22.9 Å². The minimum Gasteiger partial charge on any atom is -0.280 e. The molecule has 7 heteroatoms. The lowest BCUT2D eigenvalue weighted by atomic mass is 10.1. The molecule has 0 radical (unpaired) electrons. The number of aryl methyl sites for hydroxylation is 1. The van der Waals surface area contributed by atoms with Crippen LogP contribution in [0.1, 0.15) is 4.88 Å². The highest BCUT2D eigenvalue weighted by atomic mass is 35.5. The second kappa shape index (κ2) is 7.99. The first-order valence-corrected chi connectivity index (χ1v) is 11.5. The van der Waals surface area contributed by atoms with Crippen LogP contribution in [0, 0.1) is 6.92 Å². The van der Waals surface area contributed by atoms with Crippen LogP contribution < -0.4 is 4.72 Å². The van der Waals surface area contributed by atoms with E-state index in [0.29, 0.717) is 10.7 Å². The van der Waals surface area contributed by atoms with Gasteiger partial charge in [0.15, 0.2) is 0 Å². The summed E-state index contributed by atoms with van der Waals surface area (Å²) in [6.07, 6.45) is 0. The fourth-order valence-corrected chi connectivity index (χ4v) is 5.02. The second-order valence-electron chi connectivity index (χ2n) is 6.43. The van der Waals surface area contributed by atoms with Crippen molar-refractivity contribution in [3.8, 4) is 21.8 Å². The third kappa shape index (κ3) is 4.34. The van der Waals surface area contributed by atoms with E-state index in [1.165, 1.54) is 12.1 Å². The largest absolute Gasteiger partial charge is 0.280 e. The van der Waals surface area contributed by atoms with Gasteiger partial charge in [0.2, 0.25) is 0 Å². The summed E-state index contributed by atoms with van der Waals surface area (Å²) in [6, 6.07) is 23.3. The quantitative estimate of drug-likeness (QED) is 0.399. The topological polar surface area (TPSA) is 59.1 Å². The molecule has 29 heavy (non-hydrogen) atoms. The number of sulfonamides is 1. The van der Waals surface area contributed by atoms with Crippen molar-refractivity contribution < 1.29 is 8.42 Å². The predicted octanol–water partition coefficient (Wildman–Crippen LogP) is 6.24. The zero-order valence-electron chi connectivity index (χ0n) is 15.5. The summed E-state index contributed by atoms with van der Waals surface area (Å²) in [6.45, 7) is 2.04. The van der Waals surface area contributed by atoms with E-state index in [1.807, 2.05) is 49.4 Å². The van der Waals surface area contributed by atoms with Gasteiger partial charge in [-0.3, -0.25) is 4.72 Å². The number of nitrogens with one attached hydrogen (secondary N) is 1. The highest BCUT2D eigenvalue weighted by Crippen LogP contribution is 2.33.